The Labute approximate surface area is 122 Å². The SMILES string of the molecule is CC(=O)SCC1CC(=O)N(c2ncc(C#N)cc2C)C1. The van der Waals surface area contributed by atoms with E-state index in [4.69, 9.17) is 5.26 Å². The number of rotatable bonds is 3. The van der Waals surface area contributed by atoms with Gasteiger partial charge in [-0.2, -0.15) is 5.26 Å². The van der Waals surface area contributed by atoms with Crippen molar-refractivity contribution in [2.24, 2.45) is 5.92 Å². The van der Waals surface area contributed by atoms with E-state index in [9.17, 15) is 9.59 Å². The van der Waals surface area contributed by atoms with Crippen molar-refractivity contribution in [3.63, 3.8) is 0 Å². The second kappa shape index (κ2) is 6.06. The fourth-order valence-electron chi connectivity index (χ4n) is 2.24. The molecule has 0 radical (unpaired) electrons. The number of aryl methyl sites for hydroxylation is 1. The van der Waals surface area contributed by atoms with Gasteiger partial charge in [0.2, 0.25) is 5.91 Å². The van der Waals surface area contributed by atoms with Crippen LogP contribution < -0.4 is 4.90 Å². The van der Waals surface area contributed by atoms with Crippen LogP contribution in [0.4, 0.5) is 5.82 Å². The lowest BCUT2D eigenvalue weighted by Gasteiger charge is -2.17. The van der Waals surface area contributed by atoms with E-state index < -0.39 is 0 Å². The summed E-state index contributed by atoms with van der Waals surface area (Å²) in [4.78, 5) is 28.9. The van der Waals surface area contributed by atoms with E-state index in [1.165, 1.54) is 24.9 Å². The summed E-state index contributed by atoms with van der Waals surface area (Å²) < 4.78 is 0. The Morgan fingerprint density at radius 1 is 1.65 bits per heavy atom. The number of thioether (sulfide) groups is 1. The van der Waals surface area contributed by atoms with E-state index in [2.05, 4.69) is 4.98 Å². The summed E-state index contributed by atoms with van der Waals surface area (Å²) in [5.41, 5.74) is 1.30. The van der Waals surface area contributed by atoms with Crippen LogP contribution in [0.1, 0.15) is 24.5 Å². The van der Waals surface area contributed by atoms with E-state index in [-0.39, 0.29) is 16.9 Å². The molecule has 1 aliphatic rings. The summed E-state index contributed by atoms with van der Waals surface area (Å²) in [7, 11) is 0. The van der Waals surface area contributed by atoms with Crippen molar-refractivity contribution >= 4 is 28.6 Å². The van der Waals surface area contributed by atoms with E-state index in [1.54, 1.807) is 11.0 Å². The molecule has 0 saturated carbocycles. The molecule has 5 nitrogen and oxygen atoms in total. The first-order chi connectivity index (χ1) is 9.51. The number of nitriles is 1. The second-order valence-corrected chi connectivity index (χ2v) is 6.05. The number of carbonyl (C=O) groups is 2. The molecule has 1 aliphatic heterocycles. The molecule has 1 fully saturated rings. The summed E-state index contributed by atoms with van der Waals surface area (Å²) in [6, 6.07) is 3.76. The van der Waals surface area contributed by atoms with Crippen molar-refractivity contribution in [1.29, 1.82) is 5.26 Å². The van der Waals surface area contributed by atoms with Gasteiger partial charge in [-0.3, -0.25) is 14.5 Å². The third kappa shape index (κ3) is 3.17. The van der Waals surface area contributed by atoms with Gasteiger partial charge in [-0.15, -0.1) is 0 Å². The van der Waals surface area contributed by atoms with Gasteiger partial charge in [-0.05, 0) is 24.5 Å². The van der Waals surface area contributed by atoms with Crippen LogP contribution >= 0.6 is 11.8 Å². The third-order valence-corrected chi connectivity index (χ3v) is 4.21. The molecule has 6 heteroatoms. The van der Waals surface area contributed by atoms with Gasteiger partial charge >= 0.3 is 0 Å². The molecule has 1 aromatic heterocycles. The van der Waals surface area contributed by atoms with Crippen LogP contribution in [0, 0.1) is 24.2 Å². The Bertz CT molecular complexity index is 595. The maximum absolute atomic E-state index is 12.1. The molecule has 1 saturated heterocycles. The van der Waals surface area contributed by atoms with Gasteiger partial charge in [0.25, 0.3) is 0 Å². The number of amides is 1. The summed E-state index contributed by atoms with van der Waals surface area (Å²) in [6.07, 6.45) is 1.93. The Morgan fingerprint density at radius 3 is 3.00 bits per heavy atom. The predicted octanol–water partition coefficient (Wildman–Crippen LogP) is 1.89. The molecule has 0 N–H and O–H groups in total. The zero-order valence-corrected chi connectivity index (χ0v) is 12.2. The van der Waals surface area contributed by atoms with Gasteiger partial charge in [-0.1, -0.05) is 11.8 Å². The van der Waals surface area contributed by atoms with Gasteiger partial charge in [0.15, 0.2) is 5.12 Å². The van der Waals surface area contributed by atoms with Crippen molar-refractivity contribution in [2.45, 2.75) is 20.3 Å². The Kier molecular flexibility index (Phi) is 4.40. The van der Waals surface area contributed by atoms with E-state index in [1.807, 2.05) is 13.0 Å². The topological polar surface area (TPSA) is 74.1 Å². The quantitative estimate of drug-likeness (QED) is 0.849. The Morgan fingerprint density at radius 2 is 2.40 bits per heavy atom. The van der Waals surface area contributed by atoms with Gasteiger partial charge in [0.1, 0.15) is 11.9 Å². The van der Waals surface area contributed by atoms with Crippen LogP contribution in [0.25, 0.3) is 0 Å². The van der Waals surface area contributed by atoms with E-state index in [0.29, 0.717) is 30.1 Å². The number of aromatic nitrogens is 1. The Hall–Kier alpha value is -1.87. The molecule has 104 valence electrons. The number of anilines is 1. The van der Waals surface area contributed by atoms with Crippen molar-refractivity contribution in [1.82, 2.24) is 4.98 Å². The lowest BCUT2D eigenvalue weighted by atomic mass is 10.1. The molecule has 0 aliphatic carbocycles. The van der Waals surface area contributed by atoms with Crippen LogP contribution in [0.5, 0.6) is 0 Å². The number of carbonyl (C=O) groups excluding carboxylic acids is 2. The molecule has 1 amide bonds. The highest BCUT2D eigenvalue weighted by atomic mass is 32.2. The fraction of sp³-hybridized carbons (Fsp3) is 0.429. The first-order valence-corrected chi connectivity index (χ1v) is 7.30. The van der Waals surface area contributed by atoms with Gasteiger partial charge < -0.3 is 0 Å². The minimum Gasteiger partial charge on any atom is -0.296 e. The maximum atomic E-state index is 12.1. The summed E-state index contributed by atoms with van der Waals surface area (Å²) in [5.74, 6) is 1.48. The first kappa shape index (κ1) is 14.5. The highest BCUT2D eigenvalue weighted by molar-refractivity contribution is 8.13. The number of hydrogen-bond donors (Lipinski definition) is 0. The largest absolute Gasteiger partial charge is 0.296 e. The molecular weight excluding hydrogens is 274 g/mol. The summed E-state index contributed by atoms with van der Waals surface area (Å²) in [5, 5.41) is 8.90. The molecule has 2 rings (SSSR count). The van der Waals surface area contributed by atoms with Crippen molar-refractivity contribution < 1.29 is 9.59 Å². The van der Waals surface area contributed by atoms with Crippen molar-refractivity contribution in [3.05, 3.63) is 23.4 Å². The summed E-state index contributed by atoms with van der Waals surface area (Å²) >= 11 is 1.26. The fourth-order valence-corrected chi connectivity index (χ4v) is 2.94. The normalized spacial score (nSPS) is 18.1. The average Bonchev–Trinajstić information content (AvgIpc) is 2.77. The number of pyridine rings is 1. The first-order valence-electron chi connectivity index (χ1n) is 6.31. The van der Waals surface area contributed by atoms with Crippen LogP contribution in [0.3, 0.4) is 0 Å². The highest BCUT2D eigenvalue weighted by Gasteiger charge is 2.32. The van der Waals surface area contributed by atoms with Crippen LogP contribution in [-0.2, 0) is 9.59 Å². The molecule has 0 spiro atoms. The molecule has 1 atom stereocenters. The molecule has 2 heterocycles. The van der Waals surface area contributed by atoms with E-state index in [0.717, 1.165) is 5.56 Å². The van der Waals surface area contributed by atoms with Gasteiger partial charge in [-0.25, -0.2) is 4.98 Å². The van der Waals surface area contributed by atoms with Crippen molar-refractivity contribution in [3.8, 4) is 6.07 Å². The molecule has 1 unspecified atom stereocenters. The van der Waals surface area contributed by atoms with Gasteiger partial charge in [0.05, 0.1) is 5.56 Å². The van der Waals surface area contributed by atoms with Crippen LogP contribution in [0.2, 0.25) is 0 Å². The summed E-state index contributed by atoms with van der Waals surface area (Å²) in [6.45, 7) is 3.96. The Balaban J connectivity index is 2.12. The molecule has 0 bridgehead atoms. The highest BCUT2D eigenvalue weighted by Crippen LogP contribution is 2.28. The average molecular weight is 289 g/mol. The third-order valence-electron chi connectivity index (χ3n) is 3.16. The lowest BCUT2D eigenvalue weighted by molar-refractivity contribution is -0.117. The zero-order chi connectivity index (χ0) is 14.7. The van der Waals surface area contributed by atoms with Crippen LogP contribution in [-0.4, -0.2) is 28.3 Å². The maximum Gasteiger partial charge on any atom is 0.228 e. The molecule has 0 aromatic carbocycles. The van der Waals surface area contributed by atoms with E-state index >= 15 is 0 Å². The minimum atomic E-state index is 0.0273. The molecule has 1 aromatic rings. The smallest absolute Gasteiger partial charge is 0.228 e. The zero-order valence-electron chi connectivity index (χ0n) is 11.4. The monoisotopic (exact) mass is 289 g/mol. The van der Waals surface area contributed by atoms with Gasteiger partial charge in [0, 0.05) is 31.8 Å². The van der Waals surface area contributed by atoms with Crippen molar-refractivity contribution in [2.75, 3.05) is 17.2 Å². The number of hydrogen-bond acceptors (Lipinski definition) is 5. The standard InChI is InChI=1S/C14H15N3O2S/c1-9-3-11(5-15)6-16-14(9)17-7-12(4-13(17)19)8-20-10(2)18/h3,6,12H,4,7-8H2,1-2H3. The van der Waals surface area contributed by atoms with Crippen LogP contribution in [0.15, 0.2) is 12.3 Å². The molecule has 20 heavy (non-hydrogen) atoms. The minimum absolute atomic E-state index is 0.0273. The lowest BCUT2D eigenvalue weighted by Crippen LogP contribution is -2.26. The second-order valence-electron chi connectivity index (χ2n) is 4.85. The molecular formula is C14H15N3O2S. The predicted molar refractivity (Wildman–Crippen MR) is 77.3 cm³/mol. The number of nitrogens with zero attached hydrogens (tertiary/aromatic N) is 3.